The molecular formula is C21H23N3O5S. The average molecular weight is 429 g/mol. The number of amides is 2. The molecule has 4 rings (SSSR count). The molecular weight excluding hydrogens is 406 g/mol. The quantitative estimate of drug-likeness (QED) is 0.793. The van der Waals surface area contributed by atoms with Crippen molar-refractivity contribution >= 4 is 27.5 Å². The lowest BCUT2D eigenvalue weighted by molar-refractivity contribution is 0.0533. The zero-order chi connectivity index (χ0) is 21.5. The first-order valence-corrected chi connectivity index (χ1v) is 11.6. The molecule has 2 heterocycles. The summed E-state index contributed by atoms with van der Waals surface area (Å²) in [5, 5.41) is 9.89. The topological polar surface area (TPSA) is 98.2 Å². The van der Waals surface area contributed by atoms with E-state index < -0.39 is 10.0 Å². The first kappa shape index (κ1) is 20.2. The third-order valence-corrected chi connectivity index (χ3v) is 6.75. The smallest absolute Gasteiger partial charge is 0.257 e. The molecule has 1 N–H and O–H groups in total. The van der Waals surface area contributed by atoms with Crippen molar-refractivity contribution in [3.63, 3.8) is 0 Å². The van der Waals surface area contributed by atoms with E-state index in [-0.39, 0.29) is 23.1 Å². The second-order valence-electron chi connectivity index (χ2n) is 7.53. The summed E-state index contributed by atoms with van der Waals surface area (Å²) in [7, 11) is -3.33. The van der Waals surface area contributed by atoms with Gasteiger partial charge in [-0.15, -0.1) is 0 Å². The van der Waals surface area contributed by atoms with Crippen molar-refractivity contribution in [1.29, 1.82) is 0 Å². The van der Waals surface area contributed by atoms with Gasteiger partial charge in [0.25, 0.3) is 11.8 Å². The summed E-state index contributed by atoms with van der Waals surface area (Å²) in [5.41, 5.74) is 2.25. The predicted molar refractivity (Wildman–Crippen MR) is 112 cm³/mol. The second kappa shape index (κ2) is 7.64. The number of sulfonamides is 1. The zero-order valence-electron chi connectivity index (χ0n) is 16.6. The van der Waals surface area contributed by atoms with Gasteiger partial charge in [-0.25, -0.2) is 8.42 Å². The number of hydrogen-bond donors (Lipinski definition) is 1. The van der Waals surface area contributed by atoms with E-state index >= 15 is 0 Å². The molecule has 0 aromatic heterocycles. The highest BCUT2D eigenvalue weighted by Crippen LogP contribution is 2.31. The number of nitrogens with zero attached hydrogens (tertiary/aromatic N) is 3. The summed E-state index contributed by atoms with van der Waals surface area (Å²) in [6, 6.07) is 11.5. The van der Waals surface area contributed by atoms with Gasteiger partial charge in [0.1, 0.15) is 5.75 Å². The summed E-state index contributed by atoms with van der Waals surface area (Å²) in [4.78, 5) is 28.9. The molecule has 2 aliphatic rings. The number of benzene rings is 2. The fraction of sp³-hybridized carbons (Fsp3) is 0.333. The van der Waals surface area contributed by atoms with Gasteiger partial charge in [0, 0.05) is 38.3 Å². The largest absolute Gasteiger partial charge is 0.507 e. The Morgan fingerprint density at radius 1 is 0.900 bits per heavy atom. The third kappa shape index (κ3) is 3.72. The van der Waals surface area contributed by atoms with Crippen LogP contribution in [0.5, 0.6) is 5.75 Å². The molecule has 0 bridgehead atoms. The lowest BCUT2D eigenvalue weighted by Gasteiger charge is -2.35. The molecule has 2 aromatic carbocycles. The van der Waals surface area contributed by atoms with Crippen LogP contribution in [0.3, 0.4) is 0 Å². The normalized spacial score (nSPS) is 16.5. The van der Waals surface area contributed by atoms with Gasteiger partial charge in [0.05, 0.1) is 17.5 Å². The van der Waals surface area contributed by atoms with Crippen molar-refractivity contribution in [1.82, 2.24) is 9.80 Å². The highest BCUT2D eigenvalue weighted by Gasteiger charge is 2.29. The van der Waals surface area contributed by atoms with Crippen molar-refractivity contribution in [2.24, 2.45) is 0 Å². The summed E-state index contributed by atoms with van der Waals surface area (Å²) in [6.07, 6.45) is 1.75. The van der Waals surface area contributed by atoms with Gasteiger partial charge < -0.3 is 14.9 Å². The molecule has 0 aliphatic carbocycles. The van der Waals surface area contributed by atoms with Crippen LogP contribution in [0.1, 0.15) is 26.3 Å². The summed E-state index contributed by atoms with van der Waals surface area (Å²) < 4.78 is 25.1. The number of anilines is 1. The third-order valence-electron chi connectivity index (χ3n) is 5.57. The van der Waals surface area contributed by atoms with Gasteiger partial charge in [-0.2, -0.15) is 0 Å². The Morgan fingerprint density at radius 2 is 1.53 bits per heavy atom. The highest BCUT2D eigenvalue weighted by molar-refractivity contribution is 7.92. The van der Waals surface area contributed by atoms with Crippen LogP contribution in [0.25, 0.3) is 0 Å². The molecule has 0 saturated carbocycles. The number of carbonyl (C=O) groups is 2. The van der Waals surface area contributed by atoms with Crippen molar-refractivity contribution in [3.8, 4) is 5.75 Å². The van der Waals surface area contributed by atoms with E-state index in [0.717, 1.165) is 5.56 Å². The number of phenols is 1. The molecule has 0 radical (unpaired) electrons. The summed E-state index contributed by atoms with van der Waals surface area (Å²) in [5.74, 6) is -0.439. The van der Waals surface area contributed by atoms with Crippen LogP contribution in [0.4, 0.5) is 5.69 Å². The van der Waals surface area contributed by atoms with E-state index in [4.69, 9.17) is 0 Å². The van der Waals surface area contributed by atoms with E-state index in [1.165, 1.54) is 16.6 Å². The predicted octanol–water partition coefficient (Wildman–Crippen LogP) is 1.31. The van der Waals surface area contributed by atoms with Gasteiger partial charge in [0.15, 0.2) is 0 Å². The maximum Gasteiger partial charge on any atom is 0.257 e. The fourth-order valence-corrected chi connectivity index (χ4v) is 4.93. The minimum absolute atomic E-state index is 0.0534. The van der Waals surface area contributed by atoms with E-state index in [9.17, 15) is 23.1 Å². The average Bonchev–Trinajstić information content (AvgIpc) is 3.17. The number of hydrogen-bond acceptors (Lipinski definition) is 5. The Hall–Kier alpha value is -3.07. The molecule has 30 heavy (non-hydrogen) atoms. The first-order valence-electron chi connectivity index (χ1n) is 9.73. The Labute approximate surface area is 175 Å². The van der Waals surface area contributed by atoms with Crippen molar-refractivity contribution in [2.45, 2.75) is 6.42 Å². The number of piperazine rings is 1. The lowest BCUT2D eigenvalue weighted by Crippen LogP contribution is -2.50. The highest BCUT2D eigenvalue weighted by atomic mass is 32.2. The number of carbonyl (C=O) groups excluding carboxylic acids is 2. The fourth-order valence-electron chi connectivity index (χ4n) is 3.97. The van der Waals surface area contributed by atoms with Crippen molar-refractivity contribution < 1.29 is 23.1 Å². The number of para-hydroxylation sites is 1. The van der Waals surface area contributed by atoms with E-state index in [1.807, 2.05) is 0 Å². The molecule has 1 fully saturated rings. The van der Waals surface area contributed by atoms with Gasteiger partial charge >= 0.3 is 0 Å². The zero-order valence-corrected chi connectivity index (χ0v) is 17.4. The lowest BCUT2D eigenvalue weighted by atomic mass is 10.1. The first-order chi connectivity index (χ1) is 14.3. The molecule has 8 nitrogen and oxygen atoms in total. The summed E-state index contributed by atoms with van der Waals surface area (Å²) in [6.45, 7) is 1.94. The van der Waals surface area contributed by atoms with Gasteiger partial charge in [-0.1, -0.05) is 12.1 Å². The van der Waals surface area contributed by atoms with Crippen LogP contribution in [0, 0.1) is 0 Å². The Bertz CT molecular complexity index is 1110. The molecule has 1 saturated heterocycles. The molecule has 158 valence electrons. The molecule has 0 spiro atoms. The summed E-state index contributed by atoms with van der Waals surface area (Å²) >= 11 is 0. The number of rotatable bonds is 3. The Balaban J connectivity index is 1.43. The molecule has 0 unspecified atom stereocenters. The van der Waals surface area contributed by atoms with E-state index in [2.05, 4.69) is 0 Å². The SMILES string of the molecule is CS(=O)(=O)N1CCc2cc(C(=O)N3CCN(C(=O)c4ccccc4O)CC3)ccc21. The molecule has 2 amide bonds. The van der Waals surface area contributed by atoms with Crippen molar-refractivity contribution in [2.75, 3.05) is 43.3 Å². The van der Waals surface area contributed by atoms with Gasteiger partial charge in [0.2, 0.25) is 10.0 Å². The van der Waals surface area contributed by atoms with Crippen LogP contribution in [-0.2, 0) is 16.4 Å². The molecule has 2 aliphatic heterocycles. The number of phenolic OH excluding ortho intramolecular Hbond substituents is 1. The van der Waals surface area contributed by atoms with Crippen LogP contribution in [0.15, 0.2) is 42.5 Å². The maximum absolute atomic E-state index is 12.9. The van der Waals surface area contributed by atoms with Crippen LogP contribution in [0.2, 0.25) is 0 Å². The number of aromatic hydroxyl groups is 1. The second-order valence-corrected chi connectivity index (χ2v) is 9.44. The van der Waals surface area contributed by atoms with Crippen LogP contribution >= 0.6 is 0 Å². The monoisotopic (exact) mass is 429 g/mol. The van der Waals surface area contributed by atoms with E-state index in [1.54, 1.807) is 46.2 Å². The Kier molecular flexibility index (Phi) is 5.15. The van der Waals surface area contributed by atoms with E-state index in [0.29, 0.717) is 50.4 Å². The standard InChI is InChI=1S/C21H23N3O5S/c1-30(28,29)24-9-8-15-14-16(6-7-18(15)24)20(26)22-10-12-23(13-11-22)21(27)17-4-2-3-5-19(17)25/h2-7,14,25H,8-13H2,1H3. The maximum atomic E-state index is 12.9. The van der Waals surface area contributed by atoms with Gasteiger partial charge in [-0.05, 0) is 42.3 Å². The van der Waals surface area contributed by atoms with Crippen molar-refractivity contribution in [3.05, 3.63) is 59.2 Å². The number of fused-ring (bicyclic) bond motifs is 1. The van der Waals surface area contributed by atoms with Crippen LogP contribution in [-0.4, -0.2) is 74.1 Å². The molecule has 9 heteroatoms. The minimum Gasteiger partial charge on any atom is -0.507 e. The van der Waals surface area contributed by atoms with Gasteiger partial charge in [-0.3, -0.25) is 13.9 Å². The molecule has 0 atom stereocenters. The minimum atomic E-state index is -3.33. The Morgan fingerprint density at radius 3 is 2.17 bits per heavy atom. The molecule has 2 aromatic rings. The van der Waals surface area contributed by atoms with Crippen LogP contribution < -0.4 is 4.31 Å².